The van der Waals surface area contributed by atoms with Crippen LogP contribution in [0.3, 0.4) is 0 Å². The van der Waals surface area contributed by atoms with E-state index in [9.17, 15) is 4.79 Å². The van der Waals surface area contributed by atoms with Gasteiger partial charge < -0.3 is 29.7 Å². The maximum absolute atomic E-state index is 11.0. The number of amides is 1. The van der Waals surface area contributed by atoms with Crippen LogP contribution in [-0.4, -0.2) is 5.91 Å². The molecular weight excluding hydrogens is 411 g/mol. The standard InChI is InChI=1S/C20H18N2O.HI/c1-15-13-22(14-20(21)23)12-11-16(15)9-10-18-7-4-6-17-5-2-3-8-19(17)18;/h2-13H,14H2,1H3,(H-,21,23);1H/b10-9+;. The summed E-state index contributed by atoms with van der Waals surface area (Å²) in [6.45, 7) is 2.23. The molecule has 1 aromatic heterocycles. The fourth-order valence-corrected chi connectivity index (χ4v) is 2.71. The molecule has 3 aromatic rings. The molecule has 0 fully saturated rings. The minimum atomic E-state index is -0.339. The van der Waals surface area contributed by atoms with Gasteiger partial charge in [0.25, 0.3) is 5.91 Å². The third-order valence-corrected chi connectivity index (χ3v) is 3.86. The highest BCUT2D eigenvalue weighted by Gasteiger charge is 2.07. The number of benzene rings is 2. The normalized spacial score (nSPS) is 10.7. The lowest BCUT2D eigenvalue weighted by Gasteiger charge is -2.03. The van der Waals surface area contributed by atoms with Crippen molar-refractivity contribution >= 4 is 28.8 Å². The third kappa shape index (κ3) is 4.20. The second kappa shape index (κ2) is 8.06. The van der Waals surface area contributed by atoms with Gasteiger partial charge in [-0.25, -0.2) is 0 Å². The van der Waals surface area contributed by atoms with Gasteiger partial charge in [-0.05, 0) is 28.8 Å². The number of primary amides is 1. The Labute approximate surface area is 158 Å². The minimum Gasteiger partial charge on any atom is -1.00 e. The van der Waals surface area contributed by atoms with E-state index in [4.69, 9.17) is 5.73 Å². The Morgan fingerprint density at radius 2 is 1.75 bits per heavy atom. The molecule has 4 heteroatoms. The predicted molar refractivity (Wildman–Crippen MR) is 93.4 cm³/mol. The maximum Gasteiger partial charge on any atom is 0.283 e. The molecule has 122 valence electrons. The van der Waals surface area contributed by atoms with Gasteiger partial charge in [0, 0.05) is 11.6 Å². The average Bonchev–Trinajstić information content (AvgIpc) is 2.53. The van der Waals surface area contributed by atoms with Crippen molar-refractivity contribution < 1.29 is 33.3 Å². The van der Waals surface area contributed by atoms with Gasteiger partial charge in [0.1, 0.15) is 0 Å². The predicted octanol–water partition coefficient (Wildman–Crippen LogP) is 0.0954. The molecule has 0 radical (unpaired) electrons. The Hall–Kier alpha value is -2.21. The summed E-state index contributed by atoms with van der Waals surface area (Å²) in [5.74, 6) is -0.339. The second-order valence-corrected chi connectivity index (χ2v) is 5.62. The fraction of sp³-hybridized carbons (Fsp3) is 0.100. The largest absolute Gasteiger partial charge is 1.00 e. The lowest BCUT2D eigenvalue weighted by molar-refractivity contribution is -0.684. The topological polar surface area (TPSA) is 47.0 Å². The highest BCUT2D eigenvalue weighted by Crippen LogP contribution is 2.21. The van der Waals surface area contributed by atoms with Crippen LogP contribution in [0.15, 0.2) is 60.9 Å². The van der Waals surface area contributed by atoms with Gasteiger partial charge in [0.05, 0.1) is 0 Å². The fourth-order valence-electron chi connectivity index (χ4n) is 2.71. The van der Waals surface area contributed by atoms with Gasteiger partial charge in [-0.15, -0.1) is 0 Å². The Morgan fingerprint density at radius 1 is 1.04 bits per heavy atom. The van der Waals surface area contributed by atoms with Crippen LogP contribution >= 0.6 is 0 Å². The van der Waals surface area contributed by atoms with Crippen LogP contribution in [0.4, 0.5) is 0 Å². The van der Waals surface area contributed by atoms with E-state index in [-0.39, 0.29) is 36.4 Å². The van der Waals surface area contributed by atoms with E-state index in [1.165, 1.54) is 16.3 Å². The Bertz CT molecular complexity index is 898. The summed E-state index contributed by atoms with van der Waals surface area (Å²) < 4.78 is 1.80. The van der Waals surface area contributed by atoms with E-state index in [0.717, 1.165) is 11.1 Å². The quantitative estimate of drug-likeness (QED) is 0.463. The smallest absolute Gasteiger partial charge is 0.283 e. The summed E-state index contributed by atoms with van der Waals surface area (Å²) in [5.41, 5.74) is 8.64. The number of pyridine rings is 1. The van der Waals surface area contributed by atoms with E-state index in [2.05, 4.69) is 54.6 Å². The van der Waals surface area contributed by atoms with Crippen molar-refractivity contribution in [2.75, 3.05) is 0 Å². The van der Waals surface area contributed by atoms with Crippen molar-refractivity contribution in [2.45, 2.75) is 13.5 Å². The summed E-state index contributed by atoms with van der Waals surface area (Å²) in [7, 11) is 0. The Balaban J connectivity index is 0.00000208. The zero-order valence-electron chi connectivity index (χ0n) is 13.4. The lowest BCUT2D eigenvalue weighted by Crippen LogP contribution is -3.00. The molecule has 0 aliphatic rings. The number of nitrogens with zero attached hydrogens (tertiary/aromatic N) is 1. The first kappa shape index (κ1) is 18.1. The molecule has 3 rings (SSSR count). The van der Waals surface area contributed by atoms with Crippen LogP contribution in [-0.2, 0) is 11.3 Å². The second-order valence-electron chi connectivity index (χ2n) is 5.62. The first-order chi connectivity index (χ1) is 11.1. The first-order valence-electron chi connectivity index (χ1n) is 7.57. The summed E-state index contributed by atoms with van der Waals surface area (Å²) in [4.78, 5) is 11.0. The molecule has 0 spiro atoms. The lowest BCUT2D eigenvalue weighted by atomic mass is 10.0. The summed E-state index contributed by atoms with van der Waals surface area (Å²) in [5, 5.41) is 2.47. The summed E-state index contributed by atoms with van der Waals surface area (Å²) in [6, 6.07) is 16.7. The van der Waals surface area contributed by atoms with Crippen LogP contribution in [0.2, 0.25) is 0 Å². The Morgan fingerprint density at radius 3 is 2.50 bits per heavy atom. The number of aryl methyl sites for hydroxylation is 1. The van der Waals surface area contributed by atoms with E-state index in [1.54, 1.807) is 4.57 Å². The SMILES string of the molecule is Cc1c[n+](CC(N)=O)ccc1/C=C/c1cccc2ccccc12.[I-]. The molecule has 2 aromatic carbocycles. The van der Waals surface area contributed by atoms with Crippen LogP contribution in [0.25, 0.3) is 22.9 Å². The zero-order chi connectivity index (χ0) is 16.2. The zero-order valence-corrected chi connectivity index (χ0v) is 15.6. The van der Waals surface area contributed by atoms with Crippen molar-refractivity contribution in [3.63, 3.8) is 0 Å². The number of fused-ring (bicyclic) bond motifs is 1. The maximum atomic E-state index is 11.0. The molecule has 0 atom stereocenters. The van der Waals surface area contributed by atoms with Crippen molar-refractivity contribution in [3.8, 4) is 0 Å². The number of rotatable bonds is 4. The molecule has 0 unspecified atom stereocenters. The van der Waals surface area contributed by atoms with Crippen LogP contribution in [0.1, 0.15) is 16.7 Å². The van der Waals surface area contributed by atoms with Gasteiger partial charge in [-0.2, -0.15) is 4.57 Å². The van der Waals surface area contributed by atoms with Crippen LogP contribution < -0.4 is 34.3 Å². The first-order valence-corrected chi connectivity index (χ1v) is 7.57. The molecule has 1 amide bonds. The minimum absolute atomic E-state index is 0. The number of hydrogen-bond acceptors (Lipinski definition) is 1. The number of carbonyl (C=O) groups is 1. The molecule has 3 nitrogen and oxygen atoms in total. The van der Waals surface area contributed by atoms with Crippen LogP contribution in [0.5, 0.6) is 0 Å². The Kier molecular flexibility index (Phi) is 6.09. The van der Waals surface area contributed by atoms with E-state index in [0.29, 0.717) is 0 Å². The van der Waals surface area contributed by atoms with Crippen molar-refractivity contribution in [2.24, 2.45) is 5.73 Å². The van der Waals surface area contributed by atoms with Crippen molar-refractivity contribution in [1.29, 1.82) is 0 Å². The third-order valence-electron chi connectivity index (χ3n) is 3.86. The van der Waals surface area contributed by atoms with E-state index in [1.807, 2.05) is 25.4 Å². The van der Waals surface area contributed by atoms with Crippen LogP contribution in [0, 0.1) is 6.92 Å². The molecule has 1 heterocycles. The van der Waals surface area contributed by atoms with Gasteiger partial charge in [-0.1, -0.05) is 54.6 Å². The molecular formula is C20H19IN2O. The van der Waals surface area contributed by atoms with Crippen molar-refractivity contribution in [3.05, 3.63) is 77.6 Å². The molecule has 0 saturated heterocycles. The highest BCUT2D eigenvalue weighted by atomic mass is 127. The monoisotopic (exact) mass is 430 g/mol. The van der Waals surface area contributed by atoms with Gasteiger partial charge >= 0.3 is 0 Å². The van der Waals surface area contributed by atoms with Crippen molar-refractivity contribution in [1.82, 2.24) is 0 Å². The molecule has 2 N–H and O–H groups in total. The molecule has 0 saturated carbocycles. The van der Waals surface area contributed by atoms with Gasteiger partial charge in [0.2, 0.25) is 6.54 Å². The van der Waals surface area contributed by atoms with Gasteiger partial charge in [-0.3, -0.25) is 4.79 Å². The average molecular weight is 430 g/mol. The number of aromatic nitrogens is 1. The number of halogens is 1. The number of nitrogens with two attached hydrogens (primary N) is 1. The molecule has 0 aliphatic heterocycles. The number of carbonyl (C=O) groups excluding carboxylic acids is 1. The van der Waals surface area contributed by atoms with Gasteiger partial charge in [0.15, 0.2) is 12.4 Å². The van der Waals surface area contributed by atoms with E-state index >= 15 is 0 Å². The van der Waals surface area contributed by atoms with E-state index < -0.39 is 0 Å². The molecule has 24 heavy (non-hydrogen) atoms. The number of hydrogen-bond donors (Lipinski definition) is 1. The summed E-state index contributed by atoms with van der Waals surface area (Å²) >= 11 is 0. The summed E-state index contributed by atoms with van der Waals surface area (Å²) in [6.07, 6.45) is 8.04. The molecule has 0 bridgehead atoms. The highest BCUT2D eigenvalue weighted by molar-refractivity contribution is 5.92. The molecule has 0 aliphatic carbocycles.